The Balaban J connectivity index is 2.81. The lowest BCUT2D eigenvalue weighted by Crippen LogP contribution is -2.26. The predicted octanol–water partition coefficient (Wildman–Crippen LogP) is 3.90. The van der Waals surface area contributed by atoms with E-state index in [-0.39, 0.29) is 11.2 Å². The summed E-state index contributed by atoms with van der Waals surface area (Å²) in [5, 5.41) is 0. The minimum absolute atomic E-state index is 0.211. The van der Waals surface area contributed by atoms with Crippen molar-refractivity contribution < 1.29 is 4.79 Å². The molecule has 1 rings (SSSR count). The molecule has 0 fully saturated rings. The van der Waals surface area contributed by atoms with Crippen molar-refractivity contribution in [2.75, 3.05) is 0 Å². The summed E-state index contributed by atoms with van der Waals surface area (Å²) in [4.78, 5) is 11.2. The molecule has 0 saturated carbocycles. The number of hydrogen-bond donors (Lipinski definition) is 0. The summed E-state index contributed by atoms with van der Waals surface area (Å²) in [6.07, 6.45) is 9.02. The molecule has 1 heteroatoms. The van der Waals surface area contributed by atoms with Gasteiger partial charge in [0.15, 0.2) is 5.78 Å². The molecule has 1 nitrogen and oxygen atoms in total. The predicted molar refractivity (Wildman–Crippen MR) is 64.7 cm³/mol. The standard InChI is InChI=1S/C14H22O/c1-5-13(15)10-9-12-8-6-7-11(2)14(12,3)4/h8-11H,5-7H2,1-4H3. The number of rotatable bonds is 3. The zero-order valence-electron chi connectivity index (χ0n) is 10.3. The van der Waals surface area contributed by atoms with E-state index >= 15 is 0 Å². The van der Waals surface area contributed by atoms with Crippen molar-refractivity contribution >= 4 is 5.78 Å². The Morgan fingerprint density at radius 1 is 1.60 bits per heavy atom. The molecule has 1 aliphatic rings. The van der Waals surface area contributed by atoms with Crippen LogP contribution in [-0.4, -0.2) is 5.78 Å². The van der Waals surface area contributed by atoms with Crippen molar-refractivity contribution in [2.24, 2.45) is 11.3 Å². The second-order valence-corrected chi connectivity index (χ2v) is 5.01. The fraction of sp³-hybridized carbons (Fsp3) is 0.643. The topological polar surface area (TPSA) is 17.1 Å². The molecule has 1 atom stereocenters. The van der Waals surface area contributed by atoms with Crippen molar-refractivity contribution in [2.45, 2.75) is 47.0 Å². The molecule has 84 valence electrons. The van der Waals surface area contributed by atoms with Crippen LogP contribution in [0, 0.1) is 11.3 Å². The summed E-state index contributed by atoms with van der Waals surface area (Å²) in [6, 6.07) is 0. The molecule has 1 aliphatic carbocycles. The molecule has 0 heterocycles. The Labute approximate surface area is 93.3 Å². The Bertz CT molecular complexity index is 294. The molecule has 0 aromatic rings. The molecule has 0 N–H and O–H groups in total. The fourth-order valence-corrected chi connectivity index (χ4v) is 1.98. The lowest BCUT2D eigenvalue weighted by Gasteiger charge is -2.36. The van der Waals surface area contributed by atoms with Crippen molar-refractivity contribution in [3.63, 3.8) is 0 Å². The fourth-order valence-electron chi connectivity index (χ4n) is 1.98. The lowest BCUT2D eigenvalue weighted by atomic mass is 9.68. The highest BCUT2D eigenvalue weighted by molar-refractivity contribution is 5.89. The minimum atomic E-state index is 0.211. The summed E-state index contributed by atoms with van der Waals surface area (Å²) in [5.74, 6) is 0.906. The van der Waals surface area contributed by atoms with E-state index in [4.69, 9.17) is 0 Å². The van der Waals surface area contributed by atoms with Gasteiger partial charge in [-0.25, -0.2) is 0 Å². The van der Waals surface area contributed by atoms with E-state index in [1.165, 1.54) is 12.0 Å². The SMILES string of the molecule is CCC(=O)C=CC1=CCCC(C)C1(C)C. The van der Waals surface area contributed by atoms with Gasteiger partial charge in [0.25, 0.3) is 0 Å². The summed E-state index contributed by atoms with van der Waals surface area (Å²) in [6.45, 7) is 8.73. The molecule has 0 aromatic heterocycles. The average Bonchev–Trinajstić information content (AvgIpc) is 2.20. The summed E-state index contributed by atoms with van der Waals surface area (Å²) in [5.41, 5.74) is 1.53. The molecule has 1 unspecified atom stereocenters. The van der Waals surface area contributed by atoms with Crippen molar-refractivity contribution in [3.05, 3.63) is 23.8 Å². The highest BCUT2D eigenvalue weighted by Crippen LogP contribution is 2.41. The molecule has 0 saturated heterocycles. The van der Waals surface area contributed by atoms with Gasteiger partial charge >= 0.3 is 0 Å². The average molecular weight is 206 g/mol. The van der Waals surface area contributed by atoms with Crippen LogP contribution in [0.25, 0.3) is 0 Å². The Morgan fingerprint density at radius 3 is 2.87 bits per heavy atom. The highest BCUT2D eigenvalue weighted by Gasteiger charge is 2.30. The van der Waals surface area contributed by atoms with E-state index in [0.29, 0.717) is 12.3 Å². The zero-order chi connectivity index (χ0) is 11.5. The Hall–Kier alpha value is -0.850. The van der Waals surface area contributed by atoms with Crippen LogP contribution >= 0.6 is 0 Å². The molecule has 0 amide bonds. The van der Waals surface area contributed by atoms with Crippen LogP contribution in [0.3, 0.4) is 0 Å². The van der Waals surface area contributed by atoms with E-state index in [2.05, 4.69) is 26.8 Å². The molecule has 15 heavy (non-hydrogen) atoms. The van der Waals surface area contributed by atoms with E-state index in [1.54, 1.807) is 6.08 Å². The maximum absolute atomic E-state index is 11.2. The van der Waals surface area contributed by atoms with Gasteiger partial charge in [0.05, 0.1) is 0 Å². The molecule has 0 radical (unpaired) electrons. The molecule has 0 spiro atoms. The van der Waals surface area contributed by atoms with Crippen molar-refractivity contribution in [3.8, 4) is 0 Å². The van der Waals surface area contributed by atoms with Gasteiger partial charge in [0, 0.05) is 6.42 Å². The smallest absolute Gasteiger partial charge is 0.155 e. The van der Waals surface area contributed by atoms with Crippen LogP contribution in [0.4, 0.5) is 0 Å². The molecule has 0 aromatic carbocycles. The van der Waals surface area contributed by atoms with Gasteiger partial charge in [0.2, 0.25) is 0 Å². The van der Waals surface area contributed by atoms with Crippen LogP contribution in [0.5, 0.6) is 0 Å². The van der Waals surface area contributed by atoms with Crippen molar-refractivity contribution in [1.29, 1.82) is 0 Å². The van der Waals surface area contributed by atoms with E-state index < -0.39 is 0 Å². The largest absolute Gasteiger partial charge is 0.295 e. The molecule has 0 bridgehead atoms. The Kier molecular flexibility index (Phi) is 3.90. The third kappa shape index (κ3) is 2.80. The van der Waals surface area contributed by atoms with Gasteiger partial charge < -0.3 is 0 Å². The van der Waals surface area contributed by atoms with E-state index in [1.807, 2.05) is 13.0 Å². The zero-order valence-corrected chi connectivity index (χ0v) is 10.3. The number of allylic oxidation sites excluding steroid dienone is 4. The lowest BCUT2D eigenvalue weighted by molar-refractivity contribution is -0.114. The number of carbonyl (C=O) groups is 1. The normalized spacial score (nSPS) is 25.3. The highest BCUT2D eigenvalue weighted by atomic mass is 16.1. The quantitative estimate of drug-likeness (QED) is 0.640. The van der Waals surface area contributed by atoms with Gasteiger partial charge in [-0.3, -0.25) is 4.79 Å². The van der Waals surface area contributed by atoms with Crippen LogP contribution in [0.1, 0.15) is 47.0 Å². The van der Waals surface area contributed by atoms with Gasteiger partial charge in [0.1, 0.15) is 0 Å². The second-order valence-electron chi connectivity index (χ2n) is 5.01. The first-order valence-corrected chi connectivity index (χ1v) is 5.90. The van der Waals surface area contributed by atoms with Gasteiger partial charge in [-0.05, 0) is 35.8 Å². The van der Waals surface area contributed by atoms with E-state index in [9.17, 15) is 4.79 Å². The second kappa shape index (κ2) is 4.78. The first-order valence-electron chi connectivity index (χ1n) is 5.90. The maximum Gasteiger partial charge on any atom is 0.155 e. The number of ketones is 1. The van der Waals surface area contributed by atoms with E-state index in [0.717, 1.165) is 6.42 Å². The van der Waals surface area contributed by atoms with Crippen LogP contribution in [0.2, 0.25) is 0 Å². The van der Waals surface area contributed by atoms with Gasteiger partial charge in [-0.2, -0.15) is 0 Å². The van der Waals surface area contributed by atoms with Crippen molar-refractivity contribution in [1.82, 2.24) is 0 Å². The third-order valence-corrected chi connectivity index (χ3v) is 3.74. The number of carbonyl (C=O) groups excluding carboxylic acids is 1. The molecular formula is C14H22O. The van der Waals surface area contributed by atoms with Crippen LogP contribution in [0.15, 0.2) is 23.8 Å². The number of hydrogen-bond acceptors (Lipinski definition) is 1. The summed E-state index contributed by atoms with van der Waals surface area (Å²) < 4.78 is 0. The summed E-state index contributed by atoms with van der Waals surface area (Å²) >= 11 is 0. The summed E-state index contributed by atoms with van der Waals surface area (Å²) in [7, 11) is 0. The van der Waals surface area contributed by atoms with Gasteiger partial charge in [-0.1, -0.05) is 39.8 Å². The van der Waals surface area contributed by atoms with Crippen LogP contribution < -0.4 is 0 Å². The van der Waals surface area contributed by atoms with Gasteiger partial charge in [-0.15, -0.1) is 0 Å². The van der Waals surface area contributed by atoms with Crippen LogP contribution in [-0.2, 0) is 4.79 Å². The first kappa shape index (κ1) is 12.2. The third-order valence-electron chi connectivity index (χ3n) is 3.74. The molecule has 0 aliphatic heterocycles. The maximum atomic E-state index is 11.2. The first-order chi connectivity index (χ1) is 6.98. The minimum Gasteiger partial charge on any atom is -0.295 e. The Morgan fingerprint density at radius 2 is 2.27 bits per heavy atom. The molecular weight excluding hydrogens is 184 g/mol. The monoisotopic (exact) mass is 206 g/mol.